The third-order valence-electron chi connectivity index (χ3n) is 5.67. The van der Waals surface area contributed by atoms with Crippen LogP contribution >= 0.6 is 0 Å². The number of hydrogen-bond acceptors (Lipinski definition) is 3. The molecule has 0 atom stereocenters. The smallest absolute Gasteiger partial charge is 0.241 e. The molecule has 0 radical (unpaired) electrons. The summed E-state index contributed by atoms with van der Waals surface area (Å²) in [6.07, 6.45) is 3.12. The van der Waals surface area contributed by atoms with E-state index in [2.05, 4.69) is 61.9 Å². The van der Waals surface area contributed by atoms with Gasteiger partial charge in [0.25, 0.3) is 0 Å². The van der Waals surface area contributed by atoms with Crippen molar-refractivity contribution in [1.82, 2.24) is 10.2 Å². The highest BCUT2D eigenvalue weighted by molar-refractivity contribution is 5.86. The summed E-state index contributed by atoms with van der Waals surface area (Å²) in [5, 5.41) is 3.30. The molecule has 0 aromatic heterocycles. The maximum absolute atomic E-state index is 12.2. The number of amides is 1. The fourth-order valence-corrected chi connectivity index (χ4v) is 4.89. The molecule has 0 unspecified atom stereocenters. The van der Waals surface area contributed by atoms with Gasteiger partial charge in [-0.05, 0) is 37.8 Å². The standard InChI is InChI=1S/C21H33N3O/c1-19(2,3)16-20(4,5)23-13-11-21(12-14-23)22-18(25)15-24(21)17-9-7-6-8-10-17/h6-10H,11-16H2,1-5H3,(H,22,25). The number of para-hydroxylation sites is 1. The lowest BCUT2D eigenvalue weighted by molar-refractivity contribution is -0.119. The number of anilines is 1. The molecule has 2 aliphatic heterocycles. The topological polar surface area (TPSA) is 35.6 Å². The van der Waals surface area contributed by atoms with Gasteiger partial charge in [-0.15, -0.1) is 0 Å². The molecule has 1 N–H and O–H groups in total. The average molecular weight is 344 g/mol. The van der Waals surface area contributed by atoms with Crippen molar-refractivity contribution in [3.05, 3.63) is 30.3 Å². The van der Waals surface area contributed by atoms with Gasteiger partial charge in [-0.25, -0.2) is 0 Å². The Morgan fingerprint density at radius 2 is 1.64 bits per heavy atom. The first kappa shape index (κ1) is 18.2. The minimum absolute atomic E-state index is 0.145. The molecule has 1 aromatic rings. The predicted octanol–water partition coefficient (Wildman–Crippen LogP) is 3.63. The fraction of sp³-hybridized carbons (Fsp3) is 0.667. The molecule has 0 bridgehead atoms. The van der Waals surface area contributed by atoms with E-state index >= 15 is 0 Å². The van der Waals surface area contributed by atoms with Gasteiger partial charge in [-0.2, -0.15) is 0 Å². The van der Waals surface area contributed by atoms with Crippen molar-refractivity contribution >= 4 is 11.6 Å². The molecule has 2 saturated heterocycles. The lowest BCUT2D eigenvalue weighted by atomic mass is 9.79. The molecule has 3 rings (SSSR count). The Balaban J connectivity index is 1.74. The van der Waals surface area contributed by atoms with Crippen molar-refractivity contribution in [1.29, 1.82) is 0 Å². The normalized spacial score (nSPS) is 21.6. The van der Waals surface area contributed by atoms with Crippen molar-refractivity contribution in [3.8, 4) is 0 Å². The molecule has 2 fully saturated rings. The molecule has 4 heteroatoms. The van der Waals surface area contributed by atoms with Gasteiger partial charge in [0.15, 0.2) is 0 Å². The average Bonchev–Trinajstić information content (AvgIpc) is 2.82. The number of hydrogen-bond donors (Lipinski definition) is 1. The number of benzene rings is 1. The molecule has 4 nitrogen and oxygen atoms in total. The number of piperidine rings is 1. The van der Waals surface area contributed by atoms with E-state index in [1.165, 1.54) is 6.42 Å². The Bertz CT molecular complexity index is 610. The third-order valence-corrected chi connectivity index (χ3v) is 5.67. The predicted molar refractivity (Wildman–Crippen MR) is 104 cm³/mol. The van der Waals surface area contributed by atoms with Crippen LogP contribution in [0.4, 0.5) is 5.69 Å². The SMILES string of the molecule is CC(C)(C)CC(C)(C)N1CCC2(CC1)NC(=O)CN2c1ccccc1. The monoisotopic (exact) mass is 343 g/mol. The summed E-state index contributed by atoms with van der Waals surface area (Å²) >= 11 is 0. The summed E-state index contributed by atoms with van der Waals surface area (Å²) in [5.41, 5.74) is 1.42. The first-order valence-corrected chi connectivity index (χ1v) is 9.50. The Morgan fingerprint density at radius 3 is 2.20 bits per heavy atom. The minimum atomic E-state index is -0.216. The van der Waals surface area contributed by atoms with E-state index in [0.717, 1.165) is 31.6 Å². The molecule has 2 heterocycles. The Hall–Kier alpha value is -1.55. The number of likely N-dealkylation sites (tertiary alicyclic amines) is 1. The first-order chi connectivity index (χ1) is 11.6. The van der Waals surface area contributed by atoms with Crippen LogP contribution < -0.4 is 10.2 Å². The Morgan fingerprint density at radius 1 is 1.04 bits per heavy atom. The van der Waals surface area contributed by atoms with Crippen molar-refractivity contribution in [3.63, 3.8) is 0 Å². The fourth-order valence-electron chi connectivity index (χ4n) is 4.89. The molecular weight excluding hydrogens is 310 g/mol. The molecule has 0 aliphatic carbocycles. The largest absolute Gasteiger partial charge is 0.339 e. The second-order valence-corrected chi connectivity index (χ2v) is 9.54. The van der Waals surface area contributed by atoms with Crippen LogP contribution in [0.15, 0.2) is 30.3 Å². The summed E-state index contributed by atoms with van der Waals surface area (Å²) in [5.74, 6) is 0.145. The second kappa shape index (κ2) is 6.31. The third kappa shape index (κ3) is 3.84. The zero-order valence-corrected chi connectivity index (χ0v) is 16.4. The molecule has 1 amide bonds. The summed E-state index contributed by atoms with van der Waals surface area (Å²) in [4.78, 5) is 17.1. The van der Waals surface area contributed by atoms with Crippen LogP contribution in [0.3, 0.4) is 0 Å². The highest BCUT2D eigenvalue weighted by Gasteiger charge is 2.48. The second-order valence-electron chi connectivity index (χ2n) is 9.54. The van der Waals surface area contributed by atoms with Crippen molar-refractivity contribution < 1.29 is 4.79 Å². The number of carbonyl (C=O) groups excluding carboxylic acids is 1. The Labute approximate surface area is 152 Å². The van der Waals surface area contributed by atoms with Gasteiger partial charge in [0.05, 0.1) is 6.54 Å². The van der Waals surface area contributed by atoms with Crippen molar-refractivity contribution in [2.24, 2.45) is 5.41 Å². The van der Waals surface area contributed by atoms with Gasteiger partial charge in [0.2, 0.25) is 5.91 Å². The van der Waals surface area contributed by atoms with Gasteiger partial charge >= 0.3 is 0 Å². The number of nitrogens with one attached hydrogen (secondary N) is 1. The van der Waals surface area contributed by atoms with E-state index in [1.54, 1.807) is 0 Å². The van der Waals surface area contributed by atoms with Crippen molar-refractivity contribution in [2.75, 3.05) is 24.5 Å². The molecule has 1 aromatic carbocycles. The van der Waals surface area contributed by atoms with E-state index < -0.39 is 0 Å². The van der Waals surface area contributed by atoms with E-state index in [-0.39, 0.29) is 17.1 Å². The van der Waals surface area contributed by atoms with Gasteiger partial charge in [-0.1, -0.05) is 39.0 Å². The summed E-state index contributed by atoms with van der Waals surface area (Å²) in [7, 11) is 0. The van der Waals surface area contributed by atoms with Gasteiger partial charge < -0.3 is 10.2 Å². The molecule has 2 aliphatic rings. The number of rotatable bonds is 3. The minimum Gasteiger partial charge on any atom is -0.339 e. The molecule has 0 saturated carbocycles. The summed E-state index contributed by atoms with van der Waals surface area (Å²) in [6.45, 7) is 14.2. The first-order valence-electron chi connectivity index (χ1n) is 9.50. The van der Waals surface area contributed by atoms with E-state index in [1.807, 2.05) is 18.2 Å². The van der Waals surface area contributed by atoms with Crippen LogP contribution in [-0.2, 0) is 4.79 Å². The van der Waals surface area contributed by atoms with Crippen LogP contribution in [0.1, 0.15) is 53.9 Å². The van der Waals surface area contributed by atoms with Gasteiger partial charge in [0.1, 0.15) is 5.66 Å². The zero-order chi connectivity index (χ0) is 18.3. The molecule has 25 heavy (non-hydrogen) atoms. The quantitative estimate of drug-likeness (QED) is 0.910. The van der Waals surface area contributed by atoms with Gasteiger partial charge in [-0.3, -0.25) is 9.69 Å². The highest BCUT2D eigenvalue weighted by Crippen LogP contribution is 2.38. The van der Waals surface area contributed by atoms with Crippen LogP contribution in [0.2, 0.25) is 0 Å². The molecule has 138 valence electrons. The summed E-state index contributed by atoms with van der Waals surface area (Å²) in [6, 6.07) is 10.3. The lowest BCUT2D eigenvalue weighted by Gasteiger charge is -2.50. The zero-order valence-electron chi connectivity index (χ0n) is 16.4. The molecular formula is C21H33N3O. The maximum atomic E-state index is 12.2. The van der Waals surface area contributed by atoms with Gasteiger partial charge in [0, 0.05) is 37.2 Å². The lowest BCUT2D eigenvalue weighted by Crippen LogP contribution is -2.61. The summed E-state index contributed by atoms with van der Waals surface area (Å²) < 4.78 is 0. The van der Waals surface area contributed by atoms with Crippen LogP contribution in [-0.4, -0.2) is 41.6 Å². The van der Waals surface area contributed by atoms with E-state index in [9.17, 15) is 4.79 Å². The van der Waals surface area contributed by atoms with E-state index in [0.29, 0.717) is 12.0 Å². The highest BCUT2D eigenvalue weighted by atomic mass is 16.2. The Kier molecular flexibility index (Phi) is 4.61. The van der Waals surface area contributed by atoms with Crippen LogP contribution in [0.5, 0.6) is 0 Å². The number of nitrogens with zero attached hydrogens (tertiary/aromatic N) is 2. The van der Waals surface area contributed by atoms with Crippen LogP contribution in [0, 0.1) is 5.41 Å². The number of carbonyl (C=O) groups is 1. The molecule has 1 spiro atoms. The maximum Gasteiger partial charge on any atom is 0.241 e. The van der Waals surface area contributed by atoms with E-state index in [4.69, 9.17) is 0 Å². The van der Waals surface area contributed by atoms with Crippen molar-refractivity contribution in [2.45, 2.75) is 65.1 Å². The van der Waals surface area contributed by atoms with Crippen LogP contribution in [0.25, 0.3) is 0 Å².